The van der Waals surface area contributed by atoms with E-state index in [4.69, 9.17) is 0 Å². The fourth-order valence-electron chi connectivity index (χ4n) is 2.59. The van der Waals surface area contributed by atoms with Crippen molar-refractivity contribution in [3.05, 3.63) is 0 Å². The summed E-state index contributed by atoms with van der Waals surface area (Å²) in [6.07, 6.45) is 8.06. The van der Waals surface area contributed by atoms with Crippen LogP contribution >= 0.6 is 0 Å². The molecule has 2 aliphatic carbocycles. The lowest BCUT2D eigenvalue weighted by molar-refractivity contribution is 0.0392. The summed E-state index contributed by atoms with van der Waals surface area (Å²) >= 11 is 0. The Hall–Kier alpha value is -0.770. The van der Waals surface area contributed by atoms with Gasteiger partial charge in [-0.2, -0.15) is 0 Å². The van der Waals surface area contributed by atoms with Crippen LogP contribution in [0.1, 0.15) is 51.9 Å². The summed E-state index contributed by atoms with van der Waals surface area (Å²) in [6, 6.07) is 0.201. The smallest absolute Gasteiger partial charge is 0.315 e. The average molecular weight is 240 g/mol. The molecule has 0 aromatic rings. The quantitative estimate of drug-likeness (QED) is 0.701. The van der Waals surface area contributed by atoms with Crippen molar-refractivity contribution < 1.29 is 9.90 Å². The van der Waals surface area contributed by atoms with Gasteiger partial charge in [-0.15, -0.1) is 0 Å². The molecule has 4 heteroatoms. The number of rotatable bonds is 4. The summed E-state index contributed by atoms with van der Waals surface area (Å²) in [4.78, 5) is 11.7. The molecule has 0 radical (unpaired) electrons. The van der Waals surface area contributed by atoms with Gasteiger partial charge in [0.15, 0.2) is 0 Å². The molecule has 2 aliphatic rings. The lowest BCUT2D eigenvalue weighted by Gasteiger charge is -2.26. The molecule has 2 fully saturated rings. The lowest BCUT2D eigenvalue weighted by Crippen LogP contribution is -2.48. The first-order valence-corrected chi connectivity index (χ1v) is 6.85. The predicted octanol–water partition coefficient (Wildman–Crippen LogP) is 1.78. The maximum atomic E-state index is 11.7. The molecule has 0 spiro atoms. The monoisotopic (exact) mass is 240 g/mol. The number of hydrogen-bond acceptors (Lipinski definition) is 2. The molecule has 1 atom stereocenters. The van der Waals surface area contributed by atoms with Crippen molar-refractivity contribution in [2.45, 2.75) is 63.5 Å². The van der Waals surface area contributed by atoms with E-state index in [1.54, 1.807) is 0 Å². The highest BCUT2D eigenvalue weighted by molar-refractivity contribution is 5.74. The first-order valence-electron chi connectivity index (χ1n) is 6.85. The zero-order chi connectivity index (χ0) is 12.3. The molecule has 98 valence electrons. The normalized spacial score (nSPS) is 25.1. The Balaban J connectivity index is 1.66. The van der Waals surface area contributed by atoms with Crippen molar-refractivity contribution in [1.29, 1.82) is 0 Å². The zero-order valence-electron chi connectivity index (χ0n) is 10.7. The van der Waals surface area contributed by atoms with E-state index in [1.807, 2.05) is 6.92 Å². The third-order valence-corrected chi connectivity index (χ3v) is 4.00. The minimum atomic E-state index is -0.732. The molecule has 0 aliphatic heterocycles. The SMILES string of the molecule is C[C@](O)(CNC(=O)NC1CCCCC1)C1CC1. The minimum Gasteiger partial charge on any atom is -0.388 e. The minimum absolute atomic E-state index is 0.127. The molecule has 0 bridgehead atoms. The molecule has 2 saturated carbocycles. The highest BCUT2D eigenvalue weighted by atomic mass is 16.3. The summed E-state index contributed by atoms with van der Waals surface area (Å²) in [7, 11) is 0. The molecule has 2 amide bonds. The number of carbonyl (C=O) groups is 1. The Morgan fingerprint density at radius 1 is 1.24 bits per heavy atom. The van der Waals surface area contributed by atoms with Gasteiger partial charge in [0, 0.05) is 12.6 Å². The van der Waals surface area contributed by atoms with Crippen molar-refractivity contribution >= 4 is 6.03 Å². The number of nitrogens with one attached hydrogen (secondary N) is 2. The van der Waals surface area contributed by atoms with Gasteiger partial charge in [-0.3, -0.25) is 0 Å². The van der Waals surface area contributed by atoms with E-state index >= 15 is 0 Å². The van der Waals surface area contributed by atoms with Crippen molar-refractivity contribution in [2.75, 3.05) is 6.54 Å². The van der Waals surface area contributed by atoms with E-state index in [1.165, 1.54) is 19.3 Å². The molecule has 3 N–H and O–H groups in total. The van der Waals surface area contributed by atoms with Gasteiger partial charge in [-0.05, 0) is 38.5 Å². The van der Waals surface area contributed by atoms with Crippen LogP contribution in [-0.4, -0.2) is 29.3 Å². The Kier molecular flexibility index (Phi) is 3.92. The second-order valence-electron chi connectivity index (χ2n) is 5.79. The number of urea groups is 1. The Labute approximate surface area is 103 Å². The van der Waals surface area contributed by atoms with E-state index < -0.39 is 5.60 Å². The van der Waals surface area contributed by atoms with Gasteiger partial charge >= 0.3 is 6.03 Å². The van der Waals surface area contributed by atoms with Crippen LogP contribution < -0.4 is 10.6 Å². The van der Waals surface area contributed by atoms with Gasteiger partial charge in [0.25, 0.3) is 0 Å². The molecular formula is C13H24N2O2. The fourth-order valence-corrected chi connectivity index (χ4v) is 2.59. The van der Waals surface area contributed by atoms with Crippen molar-refractivity contribution in [3.8, 4) is 0 Å². The summed E-state index contributed by atoms with van der Waals surface area (Å²) in [6.45, 7) is 2.17. The second-order valence-corrected chi connectivity index (χ2v) is 5.79. The molecular weight excluding hydrogens is 216 g/mol. The maximum Gasteiger partial charge on any atom is 0.315 e. The molecule has 0 saturated heterocycles. The fraction of sp³-hybridized carbons (Fsp3) is 0.923. The zero-order valence-corrected chi connectivity index (χ0v) is 10.7. The van der Waals surface area contributed by atoms with E-state index in [-0.39, 0.29) is 6.03 Å². The number of hydrogen-bond donors (Lipinski definition) is 3. The molecule has 0 heterocycles. The van der Waals surface area contributed by atoms with Crippen LogP contribution in [0.5, 0.6) is 0 Å². The molecule has 4 nitrogen and oxygen atoms in total. The topological polar surface area (TPSA) is 61.4 Å². The number of aliphatic hydroxyl groups is 1. The van der Waals surface area contributed by atoms with Crippen LogP contribution in [0.3, 0.4) is 0 Å². The standard InChI is InChI=1S/C13H24N2O2/c1-13(17,10-7-8-10)9-14-12(16)15-11-5-3-2-4-6-11/h10-11,17H,2-9H2,1H3,(H2,14,15,16)/t13-/m0/s1. The highest BCUT2D eigenvalue weighted by Gasteiger charge is 2.39. The van der Waals surface area contributed by atoms with Crippen molar-refractivity contribution in [1.82, 2.24) is 10.6 Å². The molecule has 17 heavy (non-hydrogen) atoms. The first-order chi connectivity index (χ1) is 8.08. The van der Waals surface area contributed by atoms with Gasteiger partial charge < -0.3 is 15.7 Å². The Bertz CT molecular complexity index is 269. The summed E-state index contributed by atoms with van der Waals surface area (Å²) in [5.41, 5.74) is -0.732. The van der Waals surface area contributed by atoms with Crippen LogP contribution in [0, 0.1) is 5.92 Å². The maximum absolute atomic E-state index is 11.7. The summed E-state index contributed by atoms with van der Waals surface area (Å²) in [5.74, 6) is 0.373. The van der Waals surface area contributed by atoms with Gasteiger partial charge in [-0.1, -0.05) is 19.3 Å². The van der Waals surface area contributed by atoms with Crippen molar-refractivity contribution in [2.24, 2.45) is 5.92 Å². The third kappa shape index (κ3) is 3.87. The van der Waals surface area contributed by atoms with E-state index in [0.29, 0.717) is 18.5 Å². The second kappa shape index (κ2) is 5.25. The van der Waals surface area contributed by atoms with Gasteiger partial charge in [-0.25, -0.2) is 4.79 Å². The van der Waals surface area contributed by atoms with Crippen LogP contribution in [0.15, 0.2) is 0 Å². The first kappa shape index (κ1) is 12.7. The van der Waals surface area contributed by atoms with Gasteiger partial charge in [0.1, 0.15) is 0 Å². The van der Waals surface area contributed by atoms with E-state index in [0.717, 1.165) is 25.7 Å². The Morgan fingerprint density at radius 3 is 2.47 bits per heavy atom. The molecule has 0 aromatic heterocycles. The van der Waals surface area contributed by atoms with Crippen LogP contribution in [-0.2, 0) is 0 Å². The average Bonchev–Trinajstić information content (AvgIpc) is 3.12. The molecule has 0 unspecified atom stereocenters. The molecule has 2 rings (SSSR count). The van der Waals surface area contributed by atoms with E-state index in [9.17, 15) is 9.90 Å². The van der Waals surface area contributed by atoms with Gasteiger partial charge in [0.2, 0.25) is 0 Å². The third-order valence-electron chi connectivity index (χ3n) is 4.00. The summed E-state index contributed by atoms with van der Waals surface area (Å²) < 4.78 is 0. The Morgan fingerprint density at radius 2 is 1.88 bits per heavy atom. The lowest BCUT2D eigenvalue weighted by atomic mass is 9.96. The summed E-state index contributed by atoms with van der Waals surface area (Å²) in [5, 5.41) is 15.8. The number of amides is 2. The highest BCUT2D eigenvalue weighted by Crippen LogP contribution is 2.38. The number of carbonyl (C=O) groups excluding carboxylic acids is 1. The van der Waals surface area contributed by atoms with Crippen LogP contribution in [0.4, 0.5) is 4.79 Å². The van der Waals surface area contributed by atoms with Crippen LogP contribution in [0.2, 0.25) is 0 Å². The van der Waals surface area contributed by atoms with Gasteiger partial charge in [0.05, 0.1) is 5.60 Å². The van der Waals surface area contributed by atoms with Crippen LogP contribution in [0.25, 0.3) is 0 Å². The predicted molar refractivity (Wildman–Crippen MR) is 66.8 cm³/mol. The largest absolute Gasteiger partial charge is 0.388 e. The molecule has 0 aromatic carbocycles. The van der Waals surface area contributed by atoms with Crippen molar-refractivity contribution in [3.63, 3.8) is 0 Å². The van der Waals surface area contributed by atoms with E-state index in [2.05, 4.69) is 10.6 Å².